The van der Waals surface area contributed by atoms with Gasteiger partial charge in [0.05, 0.1) is 18.7 Å². The number of aliphatic hydroxyl groups is 1. The molecule has 3 aromatic carbocycles. The molecule has 0 atom stereocenters. The van der Waals surface area contributed by atoms with Gasteiger partial charge in [0.15, 0.2) is 0 Å². The Kier molecular flexibility index (Phi) is 7.66. The first-order chi connectivity index (χ1) is 17.1. The lowest BCUT2D eigenvalue weighted by Crippen LogP contribution is -2.06. The van der Waals surface area contributed by atoms with Gasteiger partial charge in [0.25, 0.3) is 0 Å². The van der Waals surface area contributed by atoms with E-state index in [0.29, 0.717) is 46.9 Å². The van der Waals surface area contributed by atoms with E-state index in [1.807, 2.05) is 12.1 Å². The monoisotopic (exact) mass is 470 g/mol. The molecule has 7 heteroatoms. The van der Waals surface area contributed by atoms with E-state index in [1.165, 1.54) is 12.1 Å². The van der Waals surface area contributed by atoms with Crippen molar-refractivity contribution in [1.82, 2.24) is 4.98 Å². The highest BCUT2D eigenvalue weighted by Crippen LogP contribution is 2.37. The summed E-state index contributed by atoms with van der Waals surface area (Å²) in [5.74, 6) is 1.26. The molecule has 176 valence electrons. The van der Waals surface area contributed by atoms with Crippen LogP contribution in [0.1, 0.15) is 17.5 Å². The van der Waals surface area contributed by atoms with Gasteiger partial charge in [0, 0.05) is 37.5 Å². The van der Waals surface area contributed by atoms with Crippen LogP contribution in [0.25, 0.3) is 15.7 Å². The topological polar surface area (TPSA) is 73.0 Å². The van der Waals surface area contributed by atoms with Crippen molar-refractivity contribution in [2.45, 2.75) is 19.3 Å². The van der Waals surface area contributed by atoms with Gasteiger partial charge in [-0.3, -0.25) is 9.78 Å². The molecule has 0 fully saturated rings. The van der Waals surface area contributed by atoms with Crippen molar-refractivity contribution < 1.29 is 23.8 Å². The average Bonchev–Trinajstić information content (AvgIpc) is 2.86. The van der Waals surface area contributed by atoms with Crippen LogP contribution in [0, 0.1) is 12.4 Å². The highest BCUT2D eigenvalue weighted by Gasteiger charge is 2.12. The molecule has 4 rings (SSSR count). The maximum Gasteiger partial charge on any atom is 0.229 e. The van der Waals surface area contributed by atoms with E-state index < -0.39 is 0 Å². The summed E-state index contributed by atoms with van der Waals surface area (Å²) < 4.78 is 24.7. The number of ether oxygens (including phenoxy) is 2. The molecule has 4 aromatic rings. The molecule has 35 heavy (non-hydrogen) atoms. The molecule has 0 radical (unpaired) electrons. The highest BCUT2D eigenvalue weighted by atomic mass is 19.1. The van der Waals surface area contributed by atoms with E-state index in [1.54, 1.807) is 48.7 Å². The van der Waals surface area contributed by atoms with Crippen LogP contribution in [0.3, 0.4) is 0 Å². The largest absolute Gasteiger partial charge is 0.504 e. The number of hydrogen-bond acceptors (Lipinski definition) is 5. The lowest BCUT2D eigenvalue weighted by molar-refractivity contribution is -0.117. The second-order valence-corrected chi connectivity index (χ2v) is 7.95. The summed E-state index contributed by atoms with van der Waals surface area (Å²) in [6.45, 7) is 7.80. The number of rotatable bonds is 10. The number of fused-ring (bicyclic) bond motifs is 1. The smallest absolute Gasteiger partial charge is 0.229 e. The number of aliphatic hydroxyl groups excluding tert-OH is 1. The van der Waals surface area contributed by atoms with Crippen LogP contribution >= 0.6 is 0 Å². The van der Waals surface area contributed by atoms with Crippen LogP contribution in [0.4, 0.5) is 10.1 Å². The Hall–Kier alpha value is -4.28. The Morgan fingerprint density at radius 2 is 1.66 bits per heavy atom. The van der Waals surface area contributed by atoms with E-state index >= 15 is 0 Å². The van der Waals surface area contributed by atoms with E-state index in [9.17, 15) is 9.18 Å². The van der Waals surface area contributed by atoms with Crippen LogP contribution in [-0.2, 0) is 17.6 Å². The number of halogens is 1. The minimum atomic E-state index is -0.323. The molecule has 0 aliphatic heterocycles. The van der Waals surface area contributed by atoms with Gasteiger partial charge >= 0.3 is 0 Å². The number of nitrogens with zero attached hydrogens (tertiary/aromatic N) is 2. The van der Waals surface area contributed by atoms with Crippen molar-refractivity contribution in [3.05, 3.63) is 101 Å². The van der Waals surface area contributed by atoms with Gasteiger partial charge in [-0.15, -0.1) is 0 Å². The standard InChI is InChI=1S/C28H23FN2O4/c1-30-26-17-24-25(18-28(26)34-14-2-13-32)31-12-11-27(24)35-23-9-5-20(6-10-23)16-22(33)15-19-3-7-21(29)8-4-19/h3-12,17-18,32H,2,13-16H2. The van der Waals surface area contributed by atoms with Crippen LogP contribution in [0.5, 0.6) is 17.2 Å². The first kappa shape index (κ1) is 23.9. The van der Waals surface area contributed by atoms with E-state index in [2.05, 4.69) is 9.83 Å². The third-order valence-corrected chi connectivity index (χ3v) is 5.33. The van der Waals surface area contributed by atoms with Gasteiger partial charge in [0.1, 0.15) is 28.8 Å². The van der Waals surface area contributed by atoms with Crippen molar-refractivity contribution in [3.8, 4) is 17.2 Å². The SMILES string of the molecule is [C-]#[N+]c1cc2c(Oc3ccc(CC(=O)Cc4ccc(F)cc4)cc3)ccnc2cc1OCCCO. The third kappa shape index (κ3) is 6.19. The Morgan fingerprint density at radius 3 is 2.31 bits per heavy atom. The fourth-order valence-corrected chi connectivity index (χ4v) is 3.60. The van der Waals surface area contributed by atoms with Gasteiger partial charge in [-0.2, -0.15) is 0 Å². The fourth-order valence-electron chi connectivity index (χ4n) is 3.60. The van der Waals surface area contributed by atoms with Crippen molar-refractivity contribution >= 4 is 22.4 Å². The van der Waals surface area contributed by atoms with Gasteiger partial charge in [-0.25, -0.2) is 9.24 Å². The maximum atomic E-state index is 13.0. The van der Waals surface area contributed by atoms with Crippen LogP contribution in [-0.4, -0.2) is 29.1 Å². The molecule has 0 aliphatic carbocycles. The van der Waals surface area contributed by atoms with E-state index in [4.69, 9.17) is 21.2 Å². The summed E-state index contributed by atoms with van der Waals surface area (Å²) in [7, 11) is 0. The van der Waals surface area contributed by atoms with Crippen molar-refractivity contribution in [2.24, 2.45) is 0 Å². The molecule has 6 nitrogen and oxygen atoms in total. The van der Waals surface area contributed by atoms with Gasteiger partial charge < -0.3 is 14.6 Å². The van der Waals surface area contributed by atoms with Crippen LogP contribution < -0.4 is 9.47 Å². The molecule has 0 bridgehead atoms. The Balaban J connectivity index is 1.46. The number of benzene rings is 3. The Morgan fingerprint density at radius 1 is 0.971 bits per heavy atom. The zero-order chi connectivity index (χ0) is 24.6. The minimum Gasteiger partial charge on any atom is -0.504 e. The second kappa shape index (κ2) is 11.2. The first-order valence-electron chi connectivity index (χ1n) is 11.1. The summed E-state index contributed by atoms with van der Waals surface area (Å²) >= 11 is 0. The van der Waals surface area contributed by atoms with Crippen LogP contribution in [0.2, 0.25) is 0 Å². The third-order valence-electron chi connectivity index (χ3n) is 5.33. The average molecular weight is 471 g/mol. The van der Waals surface area contributed by atoms with E-state index in [0.717, 1.165) is 11.1 Å². The molecule has 1 aromatic heterocycles. The molecule has 1 heterocycles. The number of carbonyl (C=O) groups excluding carboxylic acids is 1. The second-order valence-electron chi connectivity index (χ2n) is 7.95. The number of ketones is 1. The highest BCUT2D eigenvalue weighted by molar-refractivity contribution is 5.91. The molecule has 0 amide bonds. The lowest BCUT2D eigenvalue weighted by Gasteiger charge is -2.12. The Bertz CT molecular complexity index is 1360. The predicted octanol–water partition coefficient (Wildman–Crippen LogP) is 5.83. The molecule has 0 saturated carbocycles. The number of Topliss-reactive ketones (excluding diaryl/α,β-unsaturated/α-hetero) is 1. The van der Waals surface area contributed by atoms with Crippen LogP contribution in [0.15, 0.2) is 72.9 Å². The number of carbonyl (C=O) groups is 1. The number of pyridine rings is 1. The maximum absolute atomic E-state index is 13.0. The quantitative estimate of drug-likeness (QED) is 0.233. The lowest BCUT2D eigenvalue weighted by atomic mass is 10.0. The summed E-state index contributed by atoms with van der Waals surface area (Å²) in [5, 5.41) is 9.62. The van der Waals surface area contributed by atoms with Gasteiger partial charge in [-0.05, 0) is 53.6 Å². The number of aromatic nitrogens is 1. The predicted molar refractivity (Wildman–Crippen MR) is 131 cm³/mol. The molecule has 0 unspecified atom stereocenters. The van der Waals surface area contributed by atoms with Gasteiger partial charge in [0.2, 0.25) is 5.69 Å². The van der Waals surface area contributed by atoms with Gasteiger partial charge in [-0.1, -0.05) is 24.3 Å². The normalized spacial score (nSPS) is 10.7. The molecule has 1 N–H and O–H groups in total. The molecule has 0 spiro atoms. The number of hydrogen-bond donors (Lipinski definition) is 1. The van der Waals surface area contributed by atoms with Crippen molar-refractivity contribution in [2.75, 3.05) is 13.2 Å². The first-order valence-corrected chi connectivity index (χ1v) is 11.1. The van der Waals surface area contributed by atoms with Crippen molar-refractivity contribution in [1.29, 1.82) is 0 Å². The summed E-state index contributed by atoms with van der Waals surface area (Å²) in [5.41, 5.74) is 2.59. The zero-order valence-corrected chi connectivity index (χ0v) is 18.9. The summed E-state index contributed by atoms with van der Waals surface area (Å²) in [6, 6.07) is 18.3. The van der Waals surface area contributed by atoms with Crippen molar-refractivity contribution in [3.63, 3.8) is 0 Å². The molecule has 0 saturated heterocycles. The van der Waals surface area contributed by atoms with E-state index in [-0.39, 0.29) is 31.0 Å². The fraction of sp³-hybridized carbons (Fsp3) is 0.179. The Labute approximate surface area is 202 Å². The zero-order valence-electron chi connectivity index (χ0n) is 18.9. The molecular formula is C28H23FN2O4. The minimum absolute atomic E-state index is 0.0123. The molecule has 0 aliphatic rings. The summed E-state index contributed by atoms with van der Waals surface area (Å²) in [6.07, 6.45) is 2.61. The molecular weight excluding hydrogens is 447 g/mol. The summed E-state index contributed by atoms with van der Waals surface area (Å²) in [4.78, 5) is 20.3.